The number of hydrogen-bond donors (Lipinski definition) is 4. The number of phenols is 4. The van der Waals surface area contributed by atoms with Crippen molar-refractivity contribution < 1.29 is 20.4 Å². The number of hydrogen-bond acceptors (Lipinski definition) is 4. The highest BCUT2D eigenvalue weighted by molar-refractivity contribution is 5.56. The van der Waals surface area contributed by atoms with Crippen LogP contribution in [0.1, 0.15) is 34.7 Å². The lowest BCUT2D eigenvalue weighted by Crippen LogP contribution is -2.25. The van der Waals surface area contributed by atoms with E-state index in [0.29, 0.717) is 0 Å². The fraction of sp³-hybridized carbons (Fsp3) is 0.182. The summed E-state index contributed by atoms with van der Waals surface area (Å²) in [6.45, 7) is 5.67. The van der Waals surface area contributed by atoms with Crippen LogP contribution in [0, 0.1) is 13.8 Å². The van der Waals surface area contributed by atoms with E-state index in [2.05, 4.69) is 0 Å². The van der Waals surface area contributed by atoms with Crippen LogP contribution in [0.2, 0.25) is 0 Å². The van der Waals surface area contributed by atoms with Crippen LogP contribution in [0.25, 0.3) is 0 Å². The van der Waals surface area contributed by atoms with Gasteiger partial charge in [0.05, 0.1) is 0 Å². The third-order valence-corrected chi connectivity index (χ3v) is 5.10. The van der Waals surface area contributed by atoms with Gasteiger partial charge in [-0.25, -0.2) is 0 Å². The van der Waals surface area contributed by atoms with Crippen LogP contribution in [0.15, 0.2) is 54.6 Å². The predicted molar refractivity (Wildman–Crippen MR) is 101 cm³/mol. The van der Waals surface area contributed by atoms with E-state index in [9.17, 15) is 20.4 Å². The molecule has 0 aliphatic carbocycles. The Hall–Kier alpha value is -3.14. The first-order valence-electron chi connectivity index (χ1n) is 8.36. The van der Waals surface area contributed by atoms with Crippen LogP contribution in [0.5, 0.6) is 23.0 Å². The standard InChI is InChI=1S/C22H22O4/c1-13-10-15(4-7-18(13)23)22(3,16-5-8-19(24)14(2)11-16)17-6-9-20(25)21(26)12-17/h4-12,23-26H,1-3H3. The molecule has 134 valence electrons. The molecule has 0 amide bonds. The largest absolute Gasteiger partial charge is 0.508 e. The van der Waals surface area contributed by atoms with Crippen molar-refractivity contribution in [3.63, 3.8) is 0 Å². The summed E-state index contributed by atoms with van der Waals surface area (Å²) in [6.07, 6.45) is 0. The first-order valence-corrected chi connectivity index (χ1v) is 8.36. The van der Waals surface area contributed by atoms with E-state index in [1.807, 2.05) is 45.0 Å². The number of rotatable bonds is 3. The van der Waals surface area contributed by atoms with Gasteiger partial charge in [-0.3, -0.25) is 0 Å². The maximum atomic E-state index is 10.0. The lowest BCUT2D eigenvalue weighted by Gasteiger charge is -2.33. The van der Waals surface area contributed by atoms with Crippen LogP contribution in [0.3, 0.4) is 0 Å². The third kappa shape index (κ3) is 2.84. The van der Waals surface area contributed by atoms with Crippen LogP contribution in [-0.2, 0) is 5.41 Å². The molecule has 0 aliphatic heterocycles. The summed E-state index contributed by atoms with van der Waals surface area (Å²) in [4.78, 5) is 0. The SMILES string of the molecule is Cc1cc(C(C)(c2ccc(O)c(C)c2)c2ccc(O)c(O)c2)ccc1O. The average Bonchev–Trinajstić information content (AvgIpc) is 2.61. The molecule has 0 radical (unpaired) electrons. The molecular weight excluding hydrogens is 328 g/mol. The zero-order valence-corrected chi connectivity index (χ0v) is 15.0. The second-order valence-electron chi connectivity index (χ2n) is 6.83. The summed E-state index contributed by atoms with van der Waals surface area (Å²) in [5.74, 6) is 0.0534. The molecule has 4 N–H and O–H groups in total. The molecule has 0 atom stereocenters. The molecule has 0 saturated heterocycles. The molecule has 0 saturated carbocycles. The number of benzene rings is 3. The fourth-order valence-corrected chi connectivity index (χ4v) is 3.27. The Kier molecular flexibility index (Phi) is 4.28. The molecule has 0 aromatic heterocycles. The van der Waals surface area contributed by atoms with Crippen molar-refractivity contribution in [3.8, 4) is 23.0 Å². The maximum Gasteiger partial charge on any atom is 0.157 e. The lowest BCUT2D eigenvalue weighted by molar-refractivity contribution is 0.402. The van der Waals surface area contributed by atoms with Gasteiger partial charge in [0.2, 0.25) is 0 Å². The highest BCUT2D eigenvalue weighted by Gasteiger charge is 2.32. The second-order valence-corrected chi connectivity index (χ2v) is 6.83. The van der Waals surface area contributed by atoms with Gasteiger partial charge in [-0.1, -0.05) is 30.3 Å². The second kappa shape index (κ2) is 6.30. The van der Waals surface area contributed by atoms with Gasteiger partial charge in [-0.05, 0) is 72.9 Å². The summed E-state index contributed by atoms with van der Waals surface area (Å²) in [5, 5.41) is 39.5. The Balaban J connectivity index is 2.31. The Morgan fingerprint density at radius 3 is 1.31 bits per heavy atom. The Morgan fingerprint density at radius 2 is 0.923 bits per heavy atom. The van der Waals surface area contributed by atoms with Gasteiger partial charge >= 0.3 is 0 Å². The van der Waals surface area contributed by atoms with Gasteiger partial charge in [0.25, 0.3) is 0 Å². The predicted octanol–water partition coefficient (Wildman–Crippen LogP) is 4.48. The Bertz CT molecular complexity index is 851. The van der Waals surface area contributed by atoms with Crippen LogP contribution < -0.4 is 0 Å². The molecule has 4 nitrogen and oxygen atoms in total. The fourth-order valence-electron chi connectivity index (χ4n) is 3.27. The van der Waals surface area contributed by atoms with E-state index in [0.717, 1.165) is 27.8 Å². The molecule has 26 heavy (non-hydrogen) atoms. The van der Waals surface area contributed by atoms with Gasteiger partial charge in [-0.2, -0.15) is 0 Å². The summed E-state index contributed by atoms with van der Waals surface area (Å²) < 4.78 is 0. The van der Waals surface area contributed by atoms with Crippen LogP contribution in [-0.4, -0.2) is 20.4 Å². The molecule has 3 aromatic carbocycles. The monoisotopic (exact) mass is 350 g/mol. The zero-order valence-electron chi connectivity index (χ0n) is 15.0. The highest BCUT2D eigenvalue weighted by atomic mass is 16.3. The summed E-state index contributed by atoms with van der Waals surface area (Å²) >= 11 is 0. The Labute approximate surface area is 152 Å². The molecule has 0 fully saturated rings. The highest BCUT2D eigenvalue weighted by Crippen LogP contribution is 2.43. The molecule has 0 heterocycles. The van der Waals surface area contributed by atoms with Crippen molar-refractivity contribution in [1.82, 2.24) is 0 Å². The smallest absolute Gasteiger partial charge is 0.157 e. The van der Waals surface area contributed by atoms with Gasteiger partial charge in [-0.15, -0.1) is 0 Å². The van der Waals surface area contributed by atoms with Gasteiger partial charge < -0.3 is 20.4 Å². The summed E-state index contributed by atoms with van der Waals surface area (Å²) in [7, 11) is 0. The van der Waals surface area contributed by atoms with Gasteiger partial charge in [0.15, 0.2) is 11.5 Å². The zero-order chi connectivity index (χ0) is 19.1. The van der Waals surface area contributed by atoms with Gasteiger partial charge in [0.1, 0.15) is 11.5 Å². The summed E-state index contributed by atoms with van der Waals surface area (Å²) in [5.41, 5.74) is 3.44. The van der Waals surface area contributed by atoms with E-state index in [-0.39, 0.29) is 23.0 Å². The molecular formula is C22H22O4. The number of phenolic OH excluding ortho intramolecular Hbond substituents is 4. The van der Waals surface area contributed by atoms with Crippen molar-refractivity contribution in [2.24, 2.45) is 0 Å². The average molecular weight is 350 g/mol. The number of aromatic hydroxyl groups is 4. The normalized spacial score (nSPS) is 11.5. The van der Waals surface area contributed by atoms with E-state index in [1.54, 1.807) is 24.3 Å². The molecule has 0 bridgehead atoms. The van der Waals surface area contributed by atoms with Gasteiger partial charge in [0, 0.05) is 5.41 Å². The minimum atomic E-state index is -0.665. The van der Waals surface area contributed by atoms with Crippen molar-refractivity contribution in [2.45, 2.75) is 26.2 Å². The molecule has 4 heteroatoms. The van der Waals surface area contributed by atoms with Crippen molar-refractivity contribution in [1.29, 1.82) is 0 Å². The minimum absolute atomic E-state index is 0.181. The van der Waals surface area contributed by atoms with Crippen molar-refractivity contribution >= 4 is 0 Å². The molecule has 3 aromatic rings. The number of aryl methyl sites for hydroxylation is 2. The quantitative estimate of drug-likeness (QED) is 0.415. The summed E-state index contributed by atoms with van der Waals surface area (Å²) in [6, 6.07) is 15.6. The lowest BCUT2D eigenvalue weighted by atomic mass is 9.70. The van der Waals surface area contributed by atoms with E-state index in [1.165, 1.54) is 6.07 Å². The van der Waals surface area contributed by atoms with E-state index < -0.39 is 5.41 Å². The van der Waals surface area contributed by atoms with Crippen molar-refractivity contribution in [3.05, 3.63) is 82.4 Å². The molecule has 0 unspecified atom stereocenters. The molecule has 3 rings (SSSR count). The molecule has 0 spiro atoms. The van der Waals surface area contributed by atoms with E-state index in [4.69, 9.17) is 0 Å². The topological polar surface area (TPSA) is 80.9 Å². The first kappa shape index (κ1) is 17.7. The third-order valence-electron chi connectivity index (χ3n) is 5.10. The van der Waals surface area contributed by atoms with Crippen LogP contribution >= 0.6 is 0 Å². The Morgan fingerprint density at radius 1 is 0.538 bits per heavy atom. The minimum Gasteiger partial charge on any atom is -0.508 e. The molecule has 0 aliphatic rings. The maximum absolute atomic E-state index is 10.0. The first-order chi connectivity index (χ1) is 12.2. The van der Waals surface area contributed by atoms with Crippen molar-refractivity contribution in [2.75, 3.05) is 0 Å². The van der Waals surface area contributed by atoms with E-state index >= 15 is 0 Å². The van der Waals surface area contributed by atoms with Crippen LogP contribution in [0.4, 0.5) is 0 Å².